The van der Waals surface area contributed by atoms with E-state index < -0.39 is 0 Å². The second-order valence-electron chi connectivity index (χ2n) is 3.65. The number of carbonyl (C=O) groups excluding carboxylic acids is 1. The Kier molecular flexibility index (Phi) is 2.56. The molecule has 4 nitrogen and oxygen atoms in total. The van der Waals surface area contributed by atoms with Crippen LogP contribution in [0.5, 0.6) is 0 Å². The van der Waals surface area contributed by atoms with Crippen molar-refractivity contribution in [2.24, 2.45) is 7.05 Å². The van der Waals surface area contributed by atoms with Crippen LogP contribution in [0.4, 0.5) is 5.69 Å². The SMILES string of the molecule is CCOC(=O)c1cn(C)c2ccc(N)cc12. The third-order valence-corrected chi connectivity index (χ3v) is 2.51. The zero-order valence-electron chi connectivity index (χ0n) is 9.36. The Morgan fingerprint density at radius 3 is 2.94 bits per heavy atom. The van der Waals surface area contributed by atoms with Crippen molar-refractivity contribution in [3.63, 3.8) is 0 Å². The summed E-state index contributed by atoms with van der Waals surface area (Å²) in [6.45, 7) is 2.16. The van der Waals surface area contributed by atoms with Crippen molar-refractivity contribution in [3.8, 4) is 0 Å². The van der Waals surface area contributed by atoms with Crippen molar-refractivity contribution in [2.75, 3.05) is 12.3 Å². The molecule has 0 spiro atoms. The number of carbonyl (C=O) groups is 1. The van der Waals surface area contributed by atoms with E-state index in [0.29, 0.717) is 17.9 Å². The van der Waals surface area contributed by atoms with Gasteiger partial charge in [-0.2, -0.15) is 0 Å². The van der Waals surface area contributed by atoms with Crippen LogP contribution in [0.2, 0.25) is 0 Å². The van der Waals surface area contributed by atoms with Crippen molar-refractivity contribution >= 4 is 22.6 Å². The molecule has 0 atom stereocenters. The molecule has 0 unspecified atom stereocenters. The number of esters is 1. The summed E-state index contributed by atoms with van der Waals surface area (Å²) in [7, 11) is 1.89. The van der Waals surface area contributed by atoms with Gasteiger partial charge in [-0.15, -0.1) is 0 Å². The summed E-state index contributed by atoms with van der Waals surface area (Å²) in [5, 5.41) is 0.834. The summed E-state index contributed by atoms with van der Waals surface area (Å²) >= 11 is 0. The highest BCUT2D eigenvalue weighted by atomic mass is 16.5. The van der Waals surface area contributed by atoms with Gasteiger partial charge in [-0.05, 0) is 25.1 Å². The van der Waals surface area contributed by atoms with Crippen LogP contribution in [0.25, 0.3) is 10.9 Å². The van der Waals surface area contributed by atoms with Gasteiger partial charge in [0.05, 0.1) is 12.2 Å². The summed E-state index contributed by atoms with van der Waals surface area (Å²) in [5.74, 6) is -0.307. The molecule has 2 rings (SSSR count). The Morgan fingerprint density at radius 2 is 2.25 bits per heavy atom. The zero-order valence-corrected chi connectivity index (χ0v) is 9.36. The number of ether oxygens (including phenoxy) is 1. The first-order chi connectivity index (χ1) is 7.63. The quantitative estimate of drug-likeness (QED) is 0.619. The number of aromatic nitrogens is 1. The Morgan fingerprint density at radius 1 is 1.50 bits per heavy atom. The average molecular weight is 218 g/mol. The number of rotatable bonds is 2. The Labute approximate surface area is 93.6 Å². The molecule has 0 fully saturated rings. The monoisotopic (exact) mass is 218 g/mol. The smallest absolute Gasteiger partial charge is 0.340 e. The first-order valence-corrected chi connectivity index (χ1v) is 5.15. The van der Waals surface area contributed by atoms with E-state index in [1.165, 1.54) is 0 Å². The standard InChI is InChI=1S/C12H14N2O2/c1-3-16-12(15)10-7-14(2)11-5-4-8(13)6-9(10)11/h4-7H,3,13H2,1-2H3. The normalized spacial score (nSPS) is 10.6. The van der Waals surface area contributed by atoms with E-state index >= 15 is 0 Å². The largest absolute Gasteiger partial charge is 0.462 e. The molecule has 0 saturated heterocycles. The first-order valence-electron chi connectivity index (χ1n) is 5.15. The van der Waals surface area contributed by atoms with Gasteiger partial charge < -0.3 is 15.0 Å². The number of hydrogen-bond donors (Lipinski definition) is 1. The highest BCUT2D eigenvalue weighted by Crippen LogP contribution is 2.23. The van der Waals surface area contributed by atoms with E-state index in [1.807, 2.05) is 23.7 Å². The van der Waals surface area contributed by atoms with E-state index in [4.69, 9.17) is 10.5 Å². The number of nitrogens with two attached hydrogens (primary N) is 1. The van der Waals surface area contributed by atoms with Crippen LogP contribution in [0.1, 0.15) is 17.3 Å². The summed E-state index contributed by atoms with van der Waals surface area (Å²) in [6.07, 6.45) is 1.77. The van der Waals surface area contributed by atoms with E-state index in [-0.39, 0.29) is 5.97 Å². The molecule has 0 aliphatic rings. The van der Waals surface area contributed by atoms with Crippen LogP contribution in [0.3, 0.4) is 0 Å². The highest BCUT2D eigenvalue weighted by molar-refractivity contribution is 6.05. The lowest BCUT2D eigenvalue weighted by molar-refractivity contribution is 0.0528. The van der Waals surface area contributed by atoms with Crippen LogP contribution in [-0.4, -0.2) is 17.1 Å². The van der Waals surface area contributed by atoms with Crippen LogP contribution >= 0.6 is 0 Å². The summed E-state index contributed by atoms with van der Waals surface area (Å²) in [6, 6.07) is 5.51. The molecule has 16 heavy (non-hydrogen) atoms. The van der Waals surface area contributed by atoms with Gasteiger partial charge in [-0.3, -0.25) is 0 Å². The van der Waals surface area contributed by atoms with Gasteiger partial charge in [0.1, 0.15) is 0 Å². The minimum atomic E-state index is -0.307. The van der Waals surface area contributed by atoms with Gasteiger partial charge in [-0.1, -0.05) is 0 Å². The molecule has 4 heteroatoms. The number of benzene rings is 1. The third-order valence-electron chi connectivity index (χ3n) is 2.51. The first kappa shape index (κ1) is 10.5. The molecule has 0 aliphatic heterocycles. The summed E-state index contributed by atoms with van der Waals surface area (Å²) in [5.41, 5.74) is 7.89. The number of aryl methyl sites for hydroxylation is 1. The number of nitrogen functional groups attached to an aromatic ring is 1. The van der Waals surface area contributed by atoms with E-state index in [9.17, 15) is 4.79 Å². The average Bonchev–Trinajstić information content (AvgIpc) is 2.56. The van der Waals surface area contributed by atoms with Gasteiger partial charge in [0.15, 0.2) is 0 Å². The van der Waals surface area contributed by atoms with Gasteiger partial charge in [-0.25, -0.2) is 4.79 Å². The number of fused-ring (bicyclic) bond motifs is 1. The van der Waals surface area contributed by atoms with Crippen molar-refractivity contribution in [3.05, 3.63) is 30.0 Å². The van der Waals surface area contributed by atoms with Crippen LogP contribution < -0.4 is 5.73 Å². The predicted octanol–water partition coefficient (Wildman–Crippen LogP) is 1.94. The summed E-state index contributed by atoms with van der Waals surface area (Å²) in [4.78, 5) is 11.7. The second kappa shape index (κ2) is 3.89. The lowest BCUT2D eigenvalue weighted by Crippen LogP contribution is -2.03. The molecule has 0 amide bonds. The molecule has 0 saturated carbocycles. The van der Waals surface area contributed by atoms with E-state index in [0.717, 1.165) is 10.9 Å². The number of nitrogens with zero attached hydrogens (tertiary/aromatic N) is 1. The third kappa shape index (κ3) is 1.62. The van der Waals surface area contributed by atoms with Crippen molar-refractivity contribution in [1.29, 1.82) is 0 Å². The van der Waals surface area contributed by atoms with Crippen LogP contribution in [-0.2, 0) is 11.8 Å². The number of anilines is 1. The lowest BCUT2D eigenvalue weighted by atomic mass is 10.1. The summed E-state index contributed by atoms with van der Waals surface area (Å²) < 4.78 is 6.89. The molecular formula is C12H14N2O2. The fourth-order valence-electron chi connectivity index (χ4n) is 1.78. The van der Waals surface area contributed by atoms with Gasteiger partial charge in [0.25, 0.3) is 0 Å². The Hall–Kier alpha value is -1.97. The fraction of sp³-hybridized carbons (Fsp3) is 0.250. The van der Waals surface area contributed by atoms with Crippen molar-refractivity contribution < 1.29 is 9.53 Å². The second-order valence-corrected chi connectivity index (χ2v) is 3.65. The maximum atomic E-state index is 11.7. The van der Waals surface area contributed by atoms with Gasteiger partial charge >= 0.3 is 5.97 Å². The Bertz CT molecular complexity index is 543. The molecule has 0 aliphatic carbocycles. The molecular weight excluding hydrogens is 204 g/mol. The van der Waals surface area contributed by atoms with E-state index in [1.54, 1.807) is 19.2 Å². The Balaban J connectivity index is 2.61. The molecule has 1 heterocycles. The molecule has 0 radical (unpaired) electrons. The molecule has 2 aromatic rings. The van der Waals surface area contributed by atoms with Crippen molar-refractivity contribution in [2.45, 2.75) is 6.92 Å². The lowest BCUT2D eigenvalue weighted by Gasteiger charge is -2.00. The van der Waals surface area contributed by atoms with E-state index in [2.05, 4.69) is 0 Å². The van der Waals surface area contributed by atoms with Gasteiger partial charge in [0.2, 0.25) is 0 Å². The highest BCUT2D eigenvalue weighted by Gasteiger charge is 2.14. The zero-order chi connectivity index (χ0) is 11.7. The van der Waals surface area contributed by atoms with Gasteiger partial charge in [0, 0.05) is 29.8 Å². The van der Waals surface area contributed by atoms with Crippen LogP contribution in [0.15, 0.2) is 24.4 Å². The maximum absolute atomic E-state index is 11.7. The molecule has 0 bridgehead atoms. The molecule has 84 valence electrons. The molecule has 2 N–H and O–H groups in total. The van der Waals surface area contributed by atoms with Crippen molar-refractivity contribution in [1.82, 2.24) is 4.57 Å². The minimum Gasteiger partial charge on any atom is -0.462 e. The fourth-order valence-corrected chi connectivity index (χ4v) is 1.78. The van der Waals surface area contributed by atoms with Crippen LogP contribution in [0, 0.1) is 0 Å². The minimum absolute atomic E-state index is 0.307. The molecule has 1 aromatic heterocycles. The molecule has 1 aromatic carbocycles. The number of hydrogen-bond acceptors (Lipinski definition) is 3. The topological polar surface area (TPSA) is 57.2 Å². The maximum Gasteiger partial charge on any atom is 0.340 e. The predicted molar refractivity (Wildman–Crippen MR) is 63.3 cm³/mol.